The van der Waals surface area contributed by atoms with Gasteiger partial charge in [0.1, 0.15) is 6.54 Å². The molecule has 160 valence electrons. The molecule has 0 aromatic heterocycles. The number of nitrogens with zero attached hydrogens (tertiary/aromatic N) is 2. The van der Waals surface area contributed by atoms with Crippen molar-refractivity contribution in [2.45, 2.75) is 26.7 Å². The van der Waals surface area contributed by atoms with Gasteiger partial charge in [-0.1, -0.05) is 18.2 Å². The van der Waals surface area contributed by atoms with E-state index >= 15 is 0 Å². The number of carbonyl (C=O) groups excluding carboxylic acids is 3. The summed E-state index contributed by atoms with van der Waals surface area (Å²) in [5.41, 5.74) is 4.86. The number of benzene rings is 2. The summed E-state index contributed by atoms with van der Waals surface area (Å²) in [7, 11) is 0. The smallest absolute Gasteiger partial charge is 0.294 e. The molecule has 0 radical (unpaired) electrons. The van der Waals surface area contributed by atoms with Crippen LogP contribution in [0.4, 0.5) is 16.2 Å². The van der Waals surface area contributed by atoms with E-state index in [4.69, 9.17) is 0 Å². The van der Waals surface area contributed by atoms with Crippen LogP contribution in [0.15, 0.2) is 47.4 Å². The number of imide groups is 1. The second-order valence-corrected chi connectivity index (χ2v) is 8.89. The van der Waals surface area contributed by atoms with Gasteiger partial charge < -0.3 is 10.2 Å². The number of rotatable bonds is 5. The number of aryl methyl sites for hydroxylation is 2. The van der Waals surface area contributed by atoms with E-state index in [9.17, 15) is 14.4 Å². The largest absolute Gasteiger partial charge is 0.372 e. The van der Waals surface area contributed by atoms with E-state index in [1.165, 1.54) is 18.5 Å². The molecule has 4 rings (SSSR count). The zero-order valence-electron chi connectivity index (χ0n) is 17.7. The molecule has 2 saturated heterocycles. The molecule has 6 nitrogen and oxygen atoms in total. The minimum atomic E-state index is -0.436. The Morgan fingerprint density at radius 2 is 1.74 bits per heavy atom. The topological polar surface area (TPSA) is 69.7 Å². The summed E-state index contributed by atoms with van der Waals surface area (Å²) in [5, 5.41) is 2.33. The van der Waals surface area contributed by atoms with Gasteiger partial charge in [0.05, 0.1) is 4.91 Å². The van der Waals surface area contributed by atoms with Crippen molar-refractivity contribution >= 4 is 46.3 Å². The number of nitrogens with one attached hydrogen (secondary N) is 1. The third kappa shape index (κ3) is 4.82. The first-order valence-corrected chi connectivity index (χ1v) is 11.2. The van der Waals surface area contributed by atoms with Crippen molar-refractivity contribution in [2.75, 3.05) is 29.9 Å². The number of amides is 3. The maximum Gasteiger partial charge on any atom is 0.294 e. The van der Waals surface area contributed by atoms with Crippen LogP contribution in [-0.4, -0.2) is 41.6 Å². The van der Waals surface area contributed by atoms with E-state index in [1.54, 1.807) is 12.1 Å². The van der Waals surface area contributed by atoms with Gasteiger partial charge in [-0.15, -0.1) is 0 Å². The fourth-order valence-electron chi connectivity index (χ4n) is 3.71. The van der Waals surface area contributed by atoms with Gasteiger partial charge in [0.15, 0.2) is 0 Å². The van der Waals surface area contributed by atoms with Gasteiger partial charge >= 0.3 is 0 Å². The van der Waals surface area contributed by atoms with Crippen molar-refractivity contribution in [3.63, 3.8) is 0 Å². The molecule has 31 heavy (non-hydrogen) atoms. The molecule has 0 atom stereocenters. The summed E-state index contributed by atoms with van der Waals surface area (Å²) in [6.45, 7) is 5.80. The van der Waals surface area contributed by atoms with Crippen LogP contribution in [-0.2, 0) is 9.59 Å². The first-order chi connectivity index (χ1) is 14.9. The average molecular weight is 436 g/mol. The molecule has 2 aliphatic rings. The van der Waals surface area contributed by atoms with Crippen molar-refractivity contribution < 1.29 is 14.4 Å². The standard InChI is InChI=1S/C24H25N3O3S/c1-16-5-8-19(13-17(16)2)25-22(28)15-27-23(29)21(31-24(27)30)14-18-6-9-20(10-7-18)26-11-3-4-12-26/h5-10,13-14H,3-4,11-12,15H2,1-2H3,(H,25,28)/b21-14+. The summed E-state index contributed by atoms with van der Waals surface area (Å²) in [6, 6.07) is 13.6. The van der Waals surface area contributed by atoms with E-state index in [0.29, 0.717) is 10.6 Å². The van der Waals surface area contributed by atoms with Gasteiger partial charge in [0.25, 0.3) is 11.1 Å². The molecule has 7 heteroatoms. The first-order valence-electron chi connectivity index (χ1n) is 10.4. The van der Waals surface area contributed by atoms with E-state index in [-0.39, 0.29) is 6.54 Å². The van der Waals surface area contributed by atoms with E-state index < -0.39 is 17.1 Å². The fourth-order valence-corrected chi connectivity index (χ4v) is 4.55. The molecule has 3 amide bonds. The summed E-state index contributed by atoms with van der Waals surface area (Å²) in [6.07, 6.45) is 4.14. The van der Waals surface area contributed by atoms with Gasteiger partial charge in [-0.3, -0.25) is 19.3 Å². The molecule has 0 bridgehead atoms. The summed E-state index contributed by atoms with van der Waals surface area (Å²) in [5.74, 6) is -0.837. The third-order valence-corrected chi connectivity index (χ3v) is 6.54. The van der Waals surface area contributed by atoms with E-state index in [2.05, 4.69) is 10.2 Å². The van der Waals surface area contributed by atoms with Crippen molar-refractivity contribution in [3.05, 3.63) is 64.1 Å². The zero-order chi connectivity index (χ0) is 22.0. The molecule has 0 aliphatic carbocycles. The molecular weight excluding hydrogens is 410 g/mol. The molecule has 1 N–H and O–H groups in total. The number of hydrogen-bond acceptors (Lipinski definition) is 5. The predicted octanol–water partition coefficient (Wildman–Crippen LogP) is 4.58. The first kappa shape index (κ1) is 21.2. The molecule has 0 saturated carbocycles. The second-order valence-electron chi connectivity index (χ2n) is 7.90. The van der Waals surface area contributed by atoms with Gasteiger partial charge in [0, 0.05) is 24.5 Å². The molecule has 2 aromatic rings. The lowest BCUT2D eigenvalue weighted by Gasteiger charge is -2.17. The predicted molar refractivity (Wildman–Crippen MR) is 125 cm³/mol. The molecule has 0 unspecified atom stereocenters. The molecular formula is C24H25N3O3S. The van der Waals surface area contributed by atoms with Crippen LogP contribution in [0.2, 0.25) is 0 Å². The minimum absolute atomic E-state index is 0.303. The monoisotopic (exact) mass is 435 g/mol. The van der Waals surface area contributed by atoms with Crippen LogP contribution in [0, 0.1) is 13.8 Å². The number of hydrogen-bond donors (Lipinski definition) is 1. The van der Waals surface area contributed by atoms with Gasteiger partial charge in [-0.25, -0.2) is 0 Å². The Bertz CT molecular complexity index is 1060. The Labute approximate surface area is 186 Å². The molecule has 2 aliphatic heterocycles. The van der Waals surface area contributed by atoms with Crippen LogP contribution >= 0.6 is 11.8 Å². The van der Waals surface area contributed by atoms with Crippen molar-refractivity contribution in [1.82, 2.24) is 4.90 Å². The number of thioether (sulfide) groups is 1. The Balaban J connectivity index is 1.40. The lowest BCUT2D eigenvalue weighted by Crippen LogP contribution is -2.36. The maximum atomic E-state index is 12.7. The van der Waals surface area contributed by atoms with Crippen LogP contribution in [0.5, 0.6) is 0 Å². The Morgan fingerprint density at radius 1 is 1.03 bits per heavy atom. The summed E-state index contributed by atoms with van der Waals surface area (Å²) < 4.78 is 0. The lowest BCUT2D eigenvalue weighted by molar-refractivity contribution is -0.127. The van der Waals surface area contributed by atoms with Crippen LogP contribution in [0.1, 0.15) is 29.5 Å². The van der Waals surface area contributed by atoms with Crippen LogP contribution in [0.3, 0.4) is 0 Å². The molecule has 2 aromatic carbocycles. The second kappa shape index (κ2) is 8.98. The maximum absolute atomic E-state index is 12.7. The lowest BCUT2D eigenvalue weighted by atomic mass is 10.1. The molecule has 2 fully saturated rings. The summed E-state index contributed by atoms with van der Waals surface area (Å²) >= 11 is 0.867. The van der Waals surface area contributed by atoms with Crippen molar-refractivity contribution in [3.8, 4) is 0 Å². The van der Waals surface area contributed by atoms with E-state index in [1.807, 2.05) is 50.2 Å². The fraction of sp³-hybridized carbons (Fsp3) is 0.292. The van der Waals surface area contributed by atoms with Crippen LogP contribution < -0.4 is 10.2 Å². The number of anilines is 2. The van der Waals surface area contributed by atoms with E-state index in [0.717, 1.165) is 46.4 Å². The zero-order valence-corrected chi connectivity index (χ0v) is 18.5. The normalized spacial score (nSPS) is 17.7. The van der Waals surface area contributed by atoms with Gasteiger partial charge in [-0.2, -0.15) is 0 Å². The van der Waals surface area contributed by atoms with Gasteiger partial charge in [0.2, 0.25) is 5.91 Å². The quantitative estimate of drug-likeness (QED) is 0.697. The Morgan fingerprint density at radius 3 is 2.42 bits per heavy atom. The average Bonchev–Trinajstić information content (AvgIpc) is 3.36. The highest BCUT2D eigenvalue weighted by molar-refractivity contribution is 8.18. The third-order valence-electron chi connectivity index (χ3n) is 5.63. The highest BCUT2D eigenvalue weighted by Gasteiger charge is 2.36. The van der Waals surface area contributed by atoms with Crippen molar-refractivity contribution in [2.24, 2.45) is 0 Å². The van der Waals surface area contributed by atoms with Crippen molar-refractivity contribution in [1.29, 1.82) is 0 Å². The molecule has 0 spiro atoms. The SMILES string of the molecule is Cc1ccc(NC(=O)CN2C(=O)S/C(=C/c3ccc(N4CCCC4)cc3)C2=O)cc1C. The molecule has 2 heterocycles. The summed E-state index contributed by atoms with van der Waals surface area (Å²) in [4.78, 5) is 41.1. The number of carbonyl (C=O) groups is 3. The minimum Gasteiger partial charge on any atom is -0.372 e. The highest BCUT2D eigenvalue weighted by Crippen LogP contribution is 2.32. The Kier molecular flexibility index (Phi) is 6.13. The van der Waals surface area contributed by atoms with Gasteiger partial charge in [-0.05, 0) is 85.5 Å². The highest BCUT2D eigenvalue weighted by atomic mass is 32.2. The Hall–Kier alpha value is -3.06. The van der Waals surface area contributed by atoms with Crippen LogP contribution in [0.25, 0.3) is 6.08 Å².